The first kappa shape index (κ1) is 11.4. The first-order chi connectivity index (χ1) is 6.72. The van der Waals surface area contributed by atoms with E-state index in [0.29, 0.717) is 12.5 Å². The molecular weight excluding hydrogens is 246 g/mol. The molecule has 1 atom stereocenters. The number of nitrogens with zero attached hydrogens (tertiary/aromatic N) is 2. The highest BCUT2D eigenvalue weighted by Crippen LogP contribution is 2.06. The van der Waals surface area contributed by atoms with E-state index in [-0.39, 0.29) is 6.10 Å². The van der Waals surface area contributed by atoms with Gasteiger partial charge in [0.15, 0.2) is 0 Å². The van der Waals surface area contributed by atoms with Crippen LogP contribution in [0.25, 0.3) is 0 Å². The molecule has 14 heavy (non-hydrogen) atoms. The second kappa shape index (κ2) is 5.93. The van der Waals surface area contributed by atoms with E-state index in [2.05, 4.69) is 31.2 Å². The van der Waals surface area contributed by atoms with Crippen LogP contribution in [0.4, 0.5) is 5.95 Å². The number of anilines is 1. The van der Waals surface area contributed by atoms with E-state index < -0.39 is 0 Å². The number of aliphatic hydroxyl groups excluding tert-OH is 1. The molecule has 0 aromatic carbocycles. The van der Waals surface area contributed by atoms with Crippen LogP contribution >= 0.6 is 15.9 Å². The van der Waals surface area contributed by atoms with E-state index in [1.165, 1.54) is 0 Å². The highest BCUT2D eigenvalue weighted by atomic mass is 79.9. The van der Waals surface area contributed by atoms with Gasteiger partial charge in [0.25, 0.3) is 0 Å². The molecule has 1 aromatic heterocycles. The first-order valence-corrected chi connectivity index (χ1v) is 5.41. The zero-order valence-electron chi connectivity index (χ0n) is 8.07. The minimum atomic E-state index is -0.238. The smallest absolute Gasteiger partial charge is 0.222 e. The number of hydrogen-bond acceptors (Lipinski definition) is 4. The lowest BCUT2D eigenvalue weighted by molar-refractivity contribution is 0.164. The Hall–Kier alpha value is -0.680. The van der Waals surface area contributed by atoms with Crippen molar-refractivity contribution in [1.29, 1.82) is 0 Å². The van der Waals surface area contributed by atoms with E-state index >= 15 is 0 Å². The van der Waals surface area contributed by atoms with Crippen LogP contribution in [0, 0.1) is 0 Å². The van der Waals surface area contributed by atoms with Crippen LogP contribution in [0.5, 0.6) is 0 Å². The molecule has 1 heterocycles. The van der Waals surface area contributed by atoms with Gasteiger partial charge in [-0.05, 0) is 28.8 Å². The Bertz CT molecular complexity index is 265. The fourth-order valence-corrected chi connectivity index (χ4v) is 1.16. The summed E-state index contributed by atoms with van der Waals surface area (Å²) < 4.78 is 0.858. The molecule has 0 radical (unpaired) electrons. The molecule has 2 N–H and O–H groups in total. The van der Waals surface area contributed by atoms with Gasteiger partial charge in [-0.25, -0.2) is 9.97 Å². The highest BCUT2D eigenvalue weighted by Gasteiger charge is 2.00. The molecule has 1 rings (SSSR count). The average molecular weight is 260 g/mol. The zero-order chi connectivity index (χ0) is 10.4. The van der Waals surface area contributed by atoms with Crippen molar-refractivity contribution in [2.45, 2.75) is 25.9 Å². The first-order valence-electron chi connectivity index (χ1n) is 4.62. The highest BCUT2D eigenvalue weighted by molar-refractivity contribution is 9.10. The second-order valence-corrected chi connectivity index (χ2v) is 3.92. The molecule has 0 aliphatic heterocycles. The summed E-state index contributed by atoms with van der Waals surface area (Å²) in [6.45, 7) is 2.65. The van der Waals surface area contributed by atoms with Gasteiger partial charge in [0.2, 0.25) is 5.95 Å². The maximum atomic E-state index is 9.29. The second-order valence-electron chi connectivity index (χ2n) is 3.00. The van der Waals surface area contributed by atoms with Gasteiger partial charge in [-0.3, -0.25) is 0 Å². The predicted molar refractivity (Wildman–Crippen MR) is 59.1 cm³/mol. The lowest BCUT2D eigenvalue weighted by atomic mass is 10.2. The van der Waals surface area contributed by atoms with E-state index in [1.54, 1.807) is 12.4 Å². The Morgan fingerprint density at radius 3 is 2.71 bits per heavy atom. The lowest BCUT2D eigenvalue weighted by Gasteiger charge is -2.08. The van der Waals surface area contributed by atoms with Crippen molar-refractivity contribution in [3.63, 3.8) is 0 Å². The summed E-state index contributed by atoms with van der Waals surface area (Å²) in [5.41, 5.74) is 0. The molecule has 0 saturated heterocycles. The van der Waals surface area contributed by atoms with Crippen molar-refractivity contribution in [2.75, 3.05) is 11.9 Å². The zero-order valence-corrected chi connectivity index (χ0v) is 9.66. The fraction of sp³-hybridized carbons (Fsp3) is 0.556. The number of rotatable bonds is 5. The number of hydrogen-bond donors (Lipinski definition) is 2. The van der Waals surface area contributed by atoms with Crippen LogP contribution < -0.4 is 5.32 Å². The van der Waals surface area contributed by atoms with E-state index in [1.807, 2.05) is 6.92 Å². The third kappa shape index (κ3) is 4.02. The van der Waals surface area contributed by atoms with Crippen LogP contribution in [0.2, 0.25) is 0 Å². The molecule has 1 unspecified atom stereocenters. The maximum absolute atomic E-state index is 9.29. The molecule has 78 valence electrons. The molecule has 0 amide bonds. The van der Waals surface area contributed by atoms with Crippen LogP contribution in [0.15, 0.2) is 16.9 Å². The van der Waals surface area contributed by atoms with Gasteiger partial charge in [-0.2, -0.15) is 0 Å². The number of aliphatic hydroxyl groups is 1. The van der Waals surface area contributed by atoms with Gasteiger partial charge >= 0.3 is 0 Å². The fourth-order valence-electron chi connectivity index (χ4n) is 0.958. The van der Waals surface area contributed by atoms with Crippen LogP contribution in [-0.4, -0.2) is 27.7 Å². The molecule has 5 heteroatoms. The molecule has 4 nitrogen and oxygen atoms in total. The van der Waals surface area contributed by atoms with Gasteiger partial charge in [0.1, 0.15) is 0 Å². The van der Waals surface area contributed by atoms with Crippen molar-refractivity contribution < 1.29 is 5.11 Å². The van der Waals surface area contributed by atoms with Crippen LogP contribution in [-0.2, 0) is 0 Å². The van der Waals surface area contributed by atoms with Crippen molar-refractivity contribution >= 4 is 21.9 Å². The molecule has 0 fully saturated rings. The van der Waals surface area contributed by atoms with Gasteiger partial charge in [-0.1, -0.05) is 6.92 Å². The van der Waals surface area contributed by atoms with E-state index in [0.717, 1.165) is 17.3 Å². The molecule has 0 bridgehead atoms. The van der Waals surface area contributed by atoms with Gasteiger partial charge < -0.3 is 10.4 Å². The SMILES string of the molecule is CCC(O)CCNc1ncc(Br)cn1. The molecule has 0 saturated carbocycles. The molecule has 0 spiro atoms. The summed E-state index contributed by atoms with van der Waals surface area (Å²) >= 11 is 3.26. The Balaban J connectivity index is 2.28. The third-order valence-corrected chi connectivity index (χ3v) is 2.26. The Kier molecular flexibility index (Phi) is 4.82. The minimum absolute atomic E-state index is 0.238. The summed E-state index contributed by atoms with van der Waals surface area (Å²) in [6, 6.07) is 0. The van der Waals surface area contributed by atoms with Crippen LogP contribution in [0.3, 0.4) is 0 Å². The Morgan fingerprint density at radius 1 is 1.50 bits per heavy atom. The summed E-state index contributed by atoms with van der Waals surface area (Å²) in [6.07, 6.45) is 4.63. The summed E-state index contributed by atoms with van der Waals surface area (Å²) in [5.74, 6) is 0.594. The monoisotopic (exact) mass is 259 g/mol. The Morgan fingerprint density at radius 2 is 2.14 bits per heavy atom. The minimum Gasteiger partial charge on any atom is -0.393 e. The normalized spacial score (nSPS) is 12.5. The average Bonchev–Trinajstić information content (AvgIpc) is 2.21. The largest absolute Gasteiger partial charge is 0.393 e. The van der Waals surface area contributed by atoms with Gasteiger partial charge in [-0.15, -0.1) is 0 Å². The predicted octanol–water partition coefficient (Wildman–Crippen LogP) is 1.81. The van der Waals surface area contributed by atoms with Crippen molar-refractivity contribution in [2.24, 2.45) is 0 Å². The molecular formula is C9H14BrN3O. The van der Waals surface area contributed by atoms with Gasteiger partial charge in [0, 0.05) is 18.9 Å². The van der Waals surface area contributed by atoms with Crippen LogP contribution in [0.1, 0.15) is 19.8 Å². The molecule has 0 aliphatic rings. The number of halogens is 1. The van der Waals surface area contributed by atoms with E-state index in [9.17, 15) is 5.11 Å². The molecule has 0 aliphatic carbocycles. The van der Waals surface area contributed by atoms with E-state index in [4.69, 9.17) is 0 Å². The maximum Gasteiger partial charge on any atom is 0.222 e. The van der Waals surface area contributed by atoms with Crippen molar-refractivity contribution in [1.82, 2.24) is 9.97 Å². The Labute approximate surface area is 91.9 Å². The third-order valence-electron chi connectivity index (χ3n) is 1.85. The molecule has 1 aromatic rings. The number of nitrogens with one attached hydrogen (secondary N) is 1. The standard InChI is InChI=1S/C9H14BrN3O/c1-2-8(14)3-4-11-9-12-5-7(10)6-13-9/h5-6,8,14H,2-4H2,1H3,(H,11,12,13). The summed E-state index contributed by atoms with van der Waals surface area (Å²) in [5, 5.41) is 12.3. The summed E-state index contributed by atoms with van der Waals surface area (Å²) in [7, 11) is 0. The van der Waals surface area contributed by atoms with Crippen molar-refractivity contribution in [3.8, 4) is 0 Å². The lowest BCUT2D eigenvalue weighted by Crippen LogP contribution is -2.13. The van der Waals surface area contributed by atoms with Crippen molar-refractivity contribution in [3.05, 3.63) is 16.9 Å². The quantitative estimate of drug-likeness (QED) is 0.847. The topological polar surface area (TPSA) is 58.0 Å². The van der Waals surface area contributed by atoms with Gasteiger partial charge in [0.05, 0.1) is 10.6 Å². The number of aromatic nitrogens is 2. The summed E-state index contributed by atoms with van der Waals surface area (Å²) in [4.78, 5) is 8.10.